The van der Waals surface area contributed by atoms with Gasteiger partial charge in [-0.2, -0.15) is 0 Å². The van der Waals surface area contributed by atoms with Gasteiger partial charge in [-0.3, -0.25) is 0 Å². The minimum atomic E-state index is -0.365. The number of esters is 1. The van der Waals surface area contributed by atoms with Crippen molar-refractivity contribution in [2.75, 3.05) is 12.4 Å². The molecule has 0 aliphatic rings. The van der Waals surface area contributed by atoms with E-state index in [1.807, 2.05) is 12.1 Å². The van der Waals surface area contributed by atoms with Crippen LogP contribution in [0.4, 0.5) is 5.69 Å². The molecule has 6 heteroatoms. The summed E-state index contributed by atoms with van der Waals surface area (Å²) < 4.78 is 5.37. The summed E-state index contributed by atoms with van der Waals surface area (Å²) in [6.07, 6.45) is 1.61. The second-order valence-corrected chi connectivity index (χ2v) is 5.20. The lowest BCUT2D eigenvalue weighted by atomic mass is 10.2. The van der Waals surface area contributed by atoms with Gasteiger partial charge in [-0.25, -0.2) is 9.78 Å². The summed E-state index contributed by atoms with van der Waals surface area (Å²) >= 11 is 7.20. The number of ether oxygens (including phenoxy) is 1. The van der Waals surface area contributed by atoms with E-state index < -0.39 is 0 Å². The first kappa shape index (κ1) is 12.9. The van der Waals surface area contributed by atoms with Gasteiger partial charge in [0.15, 0.2) is 0 Å². The summed E-state index contributed by atoms with van der Waals surface area (Å²) in [5.41, 5.74) is 1.22. The lowest BCUT2D eigenvalue weighted by Gasteiger charge is -2.09. The van der Waals surface area contributed by atoms with Gasteiger partial charge in [0.05, 0.1) is 25.4 Å². The van der Waals surface area contributed by atoms with Gasteiger partial charge in [0, 0.05) is 5.69 Å². The molecule has 2 aromatic rings. The van der Waals surface area contributed by atoms with Crippen molar-refractivity contribution in [1.29, 1.82) is 0 Å². The Morgan fingerprint density at radius 1 is 1.50 bits per heavy atom. The predicted molar refractivity (Wildman–Crippen MR) is 72.2 cm³/mol. The zero-order chi connectivity index (χ0) is 13.0. The van der Waals surface area contributed by atoms with Crippen LogP contribution in [0.5, 0.6) is 0 Å². The Labute approximate surface area is 114 Å². The maximum Gasteiger partial charge on any atom is 0.339 e. The van der Waals surface area contributed by atoms with Gasteiger partial charge in [0.1, 0.15) is 9.34 Å². The minimum absolute atomic E-state index is 0.365. The Bertz CT molecular complexity index is 557. The molecule has 0 atom stereocenters. The number of anilines is 1. The standard InChI is InChI=1S/C12H11ClN2O2S/c1-17-12(16)8-4-2-3-5-9(8)14-7-11-15-6-10(13)18-11/h2-6,14H,7H2,1H3. The van der Waals surface area contributed by atoms with Crippen molar-refractivity contribution >= 4 is 34.6 Å². The molecule has 0 saturated carbocycles. The van der Waals surface area contributed by atoms with Crippen molar-refractivity contribution in [2.45, 2.75) is 6.54 Å². The molecule has 4 nitrogen and oxygen atoms in total. The Hall–Kier alpha value is -1.59. The van der Waals surface area contributed by atoms with Crippen LogP contribution in [-0.4, -0.2) is 18.1 Å². The highest BCUT2D eigenvalue weighted by atomic mass is 35.5. The number of para-hydroxylation sites is 1. The second kappa shape index (κ2) is 5.84. The van der Waals surface area contributed by atoms with Crippen molar-refractivity contribution in [3.63, 3.8) is 0 Å². The maximum atomic E-state index is 11.6. The van der Waals surface area contributed by atoms with Gasteiger partial charge in [0.25, 0.3) is 0 Å². The molecule has 1 aromatic carbocycles. The number of nitrogens with one attached hydrogen (secondary N) is 1. The molecule has 0 amide bonds. The summed E-state index contributed by atoms with van der Waals surface area (Å²) in [5, 5.41) is 4.01. The molecular formula is C12H11ClN2O2S. The monoisotopic (exact) mass is 282 g/mol. The molecule has 18 heavy (non-hydrogen) atoms. The topological polar surface area (TPSA) is 51.2 Å². The number of methoxy groups -OCH3 is 1. The average Bonchev–Trinajstić information content (AvgIpc) is 2.81. The highest BCUT2D eigenvalue weighted by Gasteiger charge is 2.10. The number of hydrogen-bond donors (Lipinski definition) is 1. The Kier molecular flexibility index (Phi) is 4.17. The minimum Gasteiger partial charge on any atom is -0.465 e. The van der Waals surface area contributed by atoms with Gasteiger partial charge in [0.2, 0.25) is 0 Å². The highest BCUT2D eigenvalue weighted by molar-refractivity contribution is 7.15. The number of nitrogens with zero attached hydrogens (tertiary/aromatic N) is 1. The molecule has 94 valence electrons. The van der Waals surface area contributed by atoms with E-state index in [4.69, 9.17) is 16.3 Å². The number of hydrogen-bond acceptors (Lipinski definition) is 5. The zero-order valence-corrected chi connectivity index (χ0v) is 11.2. The number of aromatic nitrogens is 1. The highest BCUT2D eigenvalue weighted by Crippen LogP contribution is 2.21. The molecule has 1 aromatic heterocycles. The van der Waals surface area contributed by atoms with Crippen molar-refractivity contribution in [3.8, 4) is 0 Å². The quantitative estimate of drug-likeness (QED) is 0.875. The van der Waals surface area contributed by atoms with E-state index in [2.05, 4.69) is 10.3 Å². The molecule has 0 aliphatic heterocycles. The van der Waals surface area contributed by atoms with Gasteiger partial charge in [-0.05, 0) is 12.1 Å². The van der Waals surface area contributed by atoms with Crippen LogP contribution in [0.3, 0.4) is 0 Å². The van der Waals surface area contributed by atoms with Gasteiger partial charge in [-0.1, -0.05) is 23.7 Å². The van der Waals surface area contributed by atoms with Crippen LogP contribution >= 0.6 is 22.9 Å². The third-order valence-electron chi connectivity index (χ3n) is 2.29. The first-order valence-corrected chi connectivity index (χ1v) is 6.41. The summed E-state index contributed by atoms with van der Waals surface area (Å²) in [5.74, 6) is -0.365. The van der Waals surface area contributed by atoms with Gasteiger partial charge in [-0.15, -0.1) is 11.3 Å². The van der Waals surface area contributed by atoms with E-state index in [0.717, 1.165) is 10.7 Å². The van der Waals surface area contributed by atoms with E-state index in [1.54, 1.807) is 18.3 Å². The summed E-state index contributed by atoms with van der Waals surface area (Å²) in [7, 11) is 1.36. The van der Waals surface area contributed by atoms with Crippen LogP contribution in [0.15, 0.2) is 30.5 Å². The van der Waals surface area contributed by atoms with Crippen LogP contribution in [0.1, 0.15) is 15.4 Å². The van der Waals surface area contributed by atoms with Crippen molar-refractivity contribution in [2.24, 2.45) is 0 Å². The van der Waals surface area contributed by atoms with Crippen LogP contribution in [0, 0.1) is 0 Å². The van der Waals surface area contributed by atoms with Crippen LogP contribution in [0.2, 0.25) is 4.34 Å². The van der Waals surface area contributed by atoms with Gasteiger partial charge >= 0.3 is 5.97 Å². The van der Waals surface area contributed by atoms with E-state index in [-0.39, 0.29) is 5.97 Å². The molecule has 0 spiro atoms. The molecule has 1 N–H and O–H groups in total. The molecule has 0 unspecified atom stereocenters. The van der Waals surface area contributed by atoms with E-state index in [1.165, 1.54) is 18.4 Å². The molecule has 0 fully saturated rings. The largest absolute Gasteiger partial charge is 0.465 e. The fourth-order valence-electron chi connectivity index (χ4n) is 1.47. The zero-order valence-electron chi connectivity index (χ0n) is 9.64. The van der Waals surface area contributed by atoms with Crippen molar-refractivity contribution < 1.29 is 9.53 Å². The second-order valence-electron chi connectivity index (χ2n) is 3.45. The normalized spacial score (nSPS) is 10.1. The maximum absolute atomic E-state index is 11.6. The first-order chi connectivity index (χ1) is 8.70. The molecule has 1 heterocycles. The van der Waals surface area contributed by atoms with Gasteiger partial charge < -0.3 is 10.1 Å². The molecule has 2 rings (SSSR count). The fourth-order valence-corrected chi connectivity index (χ4v) is 2.36. The lowest BCUT2D eigenvalue weighted by Crippen LogP contribution is -2.07. The Balaban J connectivity index is 2.11. The SMILES string of the molecule is COC(=O)c1ccccc1NCc1ncc(Cl)s1. The number of halogens is 1. The molecule has 0 bridgehead atoms. The Morgan fingerprint density at radius 3 is 2.94 bits per heavy atom. The molecule has 0 radical (unpaired) electrons. The number of carbonyl (C=O) groups is 1. The van der Waals surface area contributed by atoms with E-state index in [0.29, 0.717) is 16.4 Å². The lowest BCUT2D eigenvalue weighted by molar-refractivity contribution is 0.0602. The Morgan fingerprint density at radius 2 is 2.28 bits per heavy atom. The number of thiazole rings is 1. The molecular weight excluding hydrogens is 272 g/mol. The summed E-state index contributed by atoms with van der Waals surface area (Å²) in [6.45, 7) is 0.519. The molecule has 0 saturated heterocycles. The van der Waals surface area contributed by atoms with E-state index in [9.17, 15) is 4.79 Å². The van der Waals surface area contributed by atoms with Crippen LogP contribution in [0.25, 0.3) is 0 Å². The molecule has 0 aliphatic carbocycles. The van der Waals surface area contributed by atoms with Crippen LogP contribution < -0.4 is 5.32 Å². The number of carbonyl (C=O) groups excluding carboxylic acids is 1. The average molecular weight is 283 g/mol. The summed E-state index contributed by atoms with van der Waals surface area (Å²) in [4.78, 5) is 15.7. The number of rotatable bonds is 4. The van der Waals surface area contributed by atoms with Crippen molar-refractivity contribution in [1.82, 2.24) is 4.98 Å². The predicted octanol–water partition coefficient (Wildman–Crippen LogP) is 3.20. The smallest absolute Gasteiger partial charge is 0.339 e. The first-order valence-electron chi connectivity index (χ1n) is 5.22. The third kappa shape index (κ3) is 3.00. The number of benzene rings is 1. The third-order valence-corrected chi connectivity index (χ3v) is 3.40. The summed E-state index contributed by atoms with van der Waals surface area (Å²) in [6, 6.07) is 7.17. The van der Waals surface area contributed by atoms with E-state index >= 15 is 0 Å². The van der Waals surface area contributed by atoms with Crippen LogP contribution in [-0.2, 0) is 11.3 Å². The fraction of sp³-hybridized carbons (Fsp3) is 0.167. The van der Waals surface area contributed by atoms with Crippen molar-refractivity contribution in [3.05, 3.63) is 45.4 Å².